The molecule has 4 heteroatoms. The van der Waals surface area contributed by atoms with Crippen LogP contribution in [0.15, 0.2) is 209 Å². The van der Waals surface area contributed by atoms with Crippen LogP contribution in [-0.2, 0) is 0 Å². The van der Waals surface area contributed by atoms with Gasteiger partial charge in [-0.15, -0.1) is 11.3 Å². The number of nitrogens with zero attached hydrogens (tertiary/aromatic N) is 1. The van der Waals surface area contributed by atoms with Gasteiger partial charge in [0.15, 0.2) is 0 Å². The second kappa shape index (κ2) is 12.9. The van der Waals surface area contributed by atoms with E-state index in [1.807, 2.05) is 11.3 Å². The molecule has 0 N–H and O–H groups in total. The lowest BCUT2D eigenvalue weighted by Gasteiger charge is -2.26. The minimum atomic E-state index is 0.897. The summed E-state index contributed by atoms with van der Waals surface area (Å²) in [4.78, 5) is 2.37. The summed E-state index contributed by atoms with van der Waals surface area (Å²) in [5.74, 6) is 0. The van der Waals surface area contributed by atoms with Gasteiger partial charge >= 0.3 is 0 Å². The molecule has 0 saturated heterocycles. The van der Waals surface area contributed by atoms with Gasteiger partial charge < -0.3 is 13.7 Å². The highest BCUT2D eigenvalue weighted by atomic mass is 32.1. The summed E-state index contributed by atoms with van der Waals surface area (Å²) in [5, 5.41) is 11.7. The number of hydrogen-bond donors (Lipinski definition) is 0. The van der Waals surface area contributed by atoms with E-state index in [1.54, 1.807) is 0 Å². The Hall–Kier alpha value is -7.66. The molecule has 13 rings (SSSR count). The summed E-state index contributed by atoms with van der Waals surface area (Å²) in [7, 11) is 0. The lowest BCUT2D eigenvalue weighted by molar-refractivity contribution is 0.672. The molecule has 13 aromatic rings. The van der Waals surface area contributed by atoms with Crippen molar-refractivity contribution < 1.29 is 8.83 Å². The van der Waals surface area contributed by atoms with Crippen molar-refractivity contribution in [1.82, 2.24) is 0 Å². The van der Waals surface area contributed by atoms with Crippen LogP contribution in [0.1, 0.15) is 0 Å². The van der Waals surface area contributed by atoms with Crippen LogP contribution in [-0.4, -0.2) is 0 Å². The first kappa shape index (κ1) is 33.3. The second-order valence-corrected chi connectivity index (χ2v) is 16.7. The molecule has 0 amide bonds. The van der Waals surface area contributed by atoms with Crippen molar-refractivity contribution in [1.29, 1.82) is 0 Å². The van der Waals surface area contributed by atoms with Crippen LogP contribution in [0.4, 0.5) is 17.1 Å². The smallest absolute Gasteiger partial charge is 0.143 e. The number of furan rings is 2. The van der Waals surface area contributed by atoms with Crippen LogP contribution >= 0.6 is 11.3 Å². The van der Waals surface area contributed by atoms with Crippen molar-refractivity contribution in [2.45, 2.75) is 0 Å². The van der Waals surface area contributed by atoms with Gasteiger partial charge in [0.2, 0.25) is 0 Å². The molecule has 0 spiro atoms. The average Bonchev–Trinajstić information content (AvgIpc) is 4.01. The molecule has 3 heterocycles. The Balaban J connectivity index is 0.946. The molecule has 3 aromatic heterocycles. The van der Waals surface area contributed by atoms with Gasteiger partial charge in [-0.3, -0.25) is 0 Å². The lowest BCUT2D eigenvalue weighted by Crippen LogP contribution is -2.09. The highest BCUT2D eigenvalue weighted by Crippen LogP contribution is 2.45. The van der Waals surface area contributed by atoms with Gasteiger partial charge in [-0.1, -0.05) is 127 Å². The van der Waals surface area contributed by atoms with E-state index in [0.717, 1.165) is 94.0 Å². The van der Waals surface area contributed by atoms with Gasteiger partial charge in [0.1, 0.15) is 22.3 Å². The fraction of sp³-hybridized carbons (Fsp3) is 0. The van der Waals surface area contributed by atoms with E-state index in [0.29, 0.717) is 0 Å². The molecule has 0 unspecified atom stereocenters. The number of anilines is 3. The van der Waals surface area contributed by atoms with Gasteiger partial charge in [-0.05, 0) is 106 Å². The molecular formula is C56H33NO2S. The first-order chi connectivity index (χ1) is 29.7. The summed E-state index contributed by atoms with van der Waals surface area (Å²) in [6.07, 6.45) is 0. The zero-order chi connectivity index (χ0) is 39.3. The molecule has 0 atom stereocenters. The fourth-order valence-electron chi connectivity index (χ4n) is 9.47. The second-order valence-electron chi connectivity index (χ2n) is 15.6. The molecule has 0 aliphatic rings. The summed E-state index contributed by atoms with van der Waals surface area (Å²) >= 11 is 1.84. The van der Waals surface area contributed by atoms with Crippen LogP contribution in [0.3, 0.4) is 0 Å². The SMILES string of the molecule is c1ccc2c(c1)ccc1c2oc2cccc(-c3ccc(N(c4ccc(-c5cccc6oc7c8ccccc8ccc7c56)cc4)c4ccc5sc6ccccc6c5c4)cc3)c21. The normalized spacial score (nSPS) is 12.0. The van der Waals surface area contributed by atoms with Crippen molar-refractivity contribution in [2.24, 2.45) is 0 Å². The molecular weight excluding hydrogens is 751 g/mol. The van der Waals surface area contributed by atoms with Gasteiger partial charge in [-0.2, -0.15) is 0 Å². The van der Waals surface area contributed by atoms with Crippen LogP contribution in [0.2, 0.25) is 0 Å². The van der Waals surface area contributed by atoms with E-state index in [-0.39, 0.29) is 0 Å². The molecule has 0 fully saturated rings. The largest absolute Gasteiger partial charge is 0.455 e. The molecule has 10 aromatic carbocycles. The van der Waals surface area contributed by atoms with E-state index in [9.17, 15) is 0 Å². The Morgan fingerprint density at radius 3 is 1.38 bits per heavy atom. The molecule has 0 bridgehead atoms. The van der Waals surface area contributed by atoms with Crippen molar-refractivity contribution in [3.63, 3.8) is 0 Å². The molecule has 0 radical (unpaired) electrons. The van der Waals surface area contributed by atoms with Crippen LogP contribution in [0, 0.1) is 0 Å². The molecule has 0 aliphatic carbocycles. The van der Waals surface area contributed by atoms with Crippen LogP contribution < -0.4 is 4.90 Å². The number of rotatable bonds is 5. The molecule has 0 aliphatic heterocycles. The Morgan fingerprint density at radius 2 is 0.817 bits per heavy atom. The predicted octanol–water partition coefficient (Wildman–Crippen LogP) is 17.0. The lowest BCUT2D eigenvalue weighted by atomic mass is 9.97. The number of hydrogen-bond acceptors (Lipinski definition) is 4. The van der Waals surface area contributed by atoms with Crippen molar-refractivity contribution >= 4 is 114 Å². The Bertz CT molecular complexity index is 3640. The maximum absolute atomic E-state index is 6.55. The fourth-order valence-corrected chi connectivity index (χ4v) is 10.6. The van der Waals surface area contributed by atoms with E-state index < -0.39 is 0 Å². The van der Waals surface area contributed by atoms with Gasteiger partial charge in [0.05, 0.1) is 0 Å². The standard InChI is InChI=1S/C56H33NO2S/c1-3-11-43-34(9-1)23-30-46-53-41(14-7-16-49(53)58-55(43)46)36-19-25-38(26-20-36)57(40-29-32-52-48(33-40)45-13-5-6-18-51(45)60-52)39-27-21-37(22-28-39)42-15-8-17-50-54(42)47-31-24-35-10-2-4-12-44(35)56(47)59-50/h1-33H. The molecule has 280 valence electrons. The number of benzene rings is 10. The highest BCUT2D eigenvalue weighted by molar-refractivity contribution is 7.25. The summed E-state index contributed by atoms with van der Waals surface area (Å²) in [5.41, 5.74) is 11.5. The zero-order valence-electron chi connectivity index (χ0n) is 32.2. The minimum Gasteiger partial charge on any atom is -0.455 e. The van der Waals surface area contributed by atoms with Crippen LogP contribution in [0.25, 0.3) is 108 Å². The summed E-state index contributed by atoms with van der Waals surface area (Å²) in [6, 6.07) is 72.0. The first-order valence-corrected chi connectivity index (χ1v) is 21.1. The third kappa shape index (κ3) is 5.01. The Kier molecular flexibility index (Phi) is 7.18. The van der Waals surface area contributed by atoms with Crippen molar-refractivity contribution in [3.8, 4) is 22.3 Å². The van der Waals surface area contributed by atoms with Gasteiger partial charge in [0.25, 0.3) is 0 Å². The summed E-state index contributed by atoms with van der Waals surface area (Å²) in [6.45, 7) is 0. The maximum Gasteiger partial charge on any atom is 0.143 e. The zero-order valence-corrected chi connectivity index (χ0v) is 33.0. The monoisotopic (exact) mass is 783 g/mol. The van der Waals surface area contributed by atoms with Crippen molar-refractivity contribution in [2.75, 3.05) is 4.90 Å². The third-order valence-corrected chi connectivity index (χ3v) is 13.4. The van der Waals surface area contributed by atoms with E-state index in [1.165, 1.54) is 30.9 Å². The minimum absolute atomic E-state index is 0.897. The molecule has 60 heavy (non-hydrogen) atoms. The van der Waals surface area contributed by atoms with E-state index >= 15 is 0 Å². The van der Waals surface area contributed by atoms with Crippen molar-refractivity contribution in [3.05, 3.63) is 200 Å². The topological polar surface area (TPSA) is 29.5 Å². The third-order valence-electron chi connectivity index (χ3n) is 12.3. The van der Waals surface area contributed by atoms with E-state index in [4.69, 9.17) is 8.83 Å². The van der Waals surface area contributed by atoms with Crippen LogP contribution in [0.5, 0.6) is 0 Å². The quantitative estimate of drug-likeness (QED) is 0.174. The number of thiophene rings is 1. The van der Waals surface area contributed by atoms with Gasteiger partial charge in [0, 0.05) is 69.6 Å². The predicted molar refractivity (Wildman–Crippen MR) is 254 cm³/mol. The highest BCUT2D eigenvalue weighted by Gasteiger charge is 2.19. The van der Waals surface area contributed by atoms with E-state index in [2.05, 4.69) is 205 Å². The molecule has 3 nitrogen and oxygen atoms in total. The Morgan fingerprint density at radius 1 is 0.333 bits per heavy atom. The number of fused-ring (bicyclic) bond motifs is 13. The summed E-state index contributed by atoms with van der Waals surface area (Å²) < 4.78 is 15.7. The Labute approximate surface area is 348 Å². The first-order valence-electron chi connectivity index (χ1n) is 20.3. The molecule has 0 saturated carbocycles. The average molecular weight is 784 g/mol. The maximum atomic E-state index is 6.55. The van der Waals surface area contributed by atoms with Gasteiger partial charge in [-0.25, -0.2) is 0 Å².